The highest BCUT2D eigenvalue weighted by molar-refractivity contribution is 5.83. The Bertz CT molecular complexity index is 290. The van der Waals surface area contributed by atoms with E-state index in [2.05, 4.69) is 22.2 Å². The second kappa shape index (κ2) is 6.68. The third kappa shape index (κ3) is 3.68. The smallest absolute Gasteiger partial charge is 0.227 e. The van der Waals surface area contributed by atoms with Gasteiger partial charge in [0.1, 0.15) is 0 Å². The molecular formula is C14H28N4O. The first kappa shape index (κ1) is 14.8. The summed E-state index contributed by atoms with van der Waals surface area (Å²) in [6, 6.07) is 0. The second-order valence-corrected chi connectivity index (χ2v) is 6.09. The Hall–Kier alpha value is -0.650. The van der Waals surface area contributed by atoms with E-state index < -0.39 is 0 Å². The zero-order chi connectivity index (χ0) is 13.7. The van der Waals surface area contributed by atoms with Gasteiger partial charge in [-0.25, -0.2) is 0 Å². The molecule has 2 fully saturated rings. The molecule has 2 rings (SSSR count). The molecule has 0 bridgehead atoms. The molecule has 0 atom stereocenters. The van der Waals surface area contributed by atoms with Crippen LogP contribution in [-0.2, 0) is 4.79 Å². The van der Waals surface area contributed by atoms with Crippen LogP contribution in [0.2, 0.25) is 0 Å². The molecule has 1 aliphatic carbocycles. The highest BCUT2D eigenvalue weighted by atomic mass is 16.2. The number of carbonyl (C=O) groups is 1. The fraction of sp³-hybridized carbons (Fsp3) is 0.929. The van der Waals surface area contributed by atoms with E-state index in [1.54, 1.807) is 0 Å². The molecule has 3 N–H and O–H groups in total. The van der Waals surface area contributed by atoms with Crippen LogP contribution >= 0.6 is 0 Å². The van der Waals surface area contributed by atoms with Gasteiger partial charge in [0.25, 0.3) is 0 Å². The van der Waals surface area contributed by atoms with Gasteiger partial charge < -0.3 is 20.9 Å². The first-order valence-electron chi connectivity index (χ1n) is 7.55. The molecule has 0 aromatic carbocycles. The van der Waals surface area contributed by atoms with E-state index in [4.69, 9.17) is 5.73 Å². The standard InChI is InChI=1S/C14H28N4O/c1-17-8-10-18(11-9-17)7-3-6-16-13(19)14(12-15)4-2-5-14/h2-12,15H2,1H3,(H,16,19). The van der Waals surface area contributed by atoms with Gasteiger partial charge in [0, 0.05) is 39.3 Å². The molecule has 0 unspecified atom stereocenters. The van der Waals surface area contributed by atoms with Crippen molar-refractivity contribution in [3.63, 3.8) is 0 Å². The number of carbonyl (C=O) groups excluding carboxylic acids is 1. The largest absolute Gasteiger partial charge is 0.356 e. The zero-order valence-corrected chi connectivity index (χ0v) is 12.2. The van der Waals surface area contributed by atoms with Crippen LogP contribution in [0.5, 0.6) is 0 Å². The van der Waals surface area contributed by atoms with Crippen LogP contribution in [-0.4, -0.2) is 68.6 Å². The van der Waals surface area contributed by atoms with Crippen molar-refractivity contribution in [2.24, 2.45) is 11.1 Å². The van der Waals surface area contributed by atoms with E-state index in [0.29, 0.717) is 6.54 Å². The van der Waals surface area contributed by atoms with Crippen molar-refractivity contribution in [1.29, 1.82) is 0 Å². The van der Waals surface area contributed by atoms with Crippen LogP contribution in [0.15, 0.2) is 0 Å². The van der Waals surface area contributed by atoms with Crippen LogP contribution in [0.25, 0.3) is 0 Å². The fourth-order valence-corrected chi connectivity index (χ4v) is 2.89. The Morgan fingerprint density at radius 3 is 2.47 bits per heavy atom. The Morgan fingerprint density at radius 1 is 1.26 bits per heavy atom. The molecule has 0 radical (unpaired) electrons. The number of likely N-dealkylation sites (N-methyl/N-ethyl adjacent to an activating group) is 1. The van der Waals surface area contributed by atoms with E-state index in [9.17, 15) is 4.79 Å². The number of nitrogens with two attached hydrogens (primary N) is 1. The van der Waals surface area contributed by atoms with Gasteiger partial charge in [-0.3, -0.25) is 4.79 Å². The molecule has 1 heterocycles. The quantitative estimate of drug-likeness (QED) is 0.659. The molecular weight excluding hydrogens is 240 g/mol. The van der Waals surface area contributed by atoms with Gasteiger partial charge >= 0.3 is 0 Å². The highest BCUT2D eigenvalue weighted by Crippen LogP contribution is 2.39. The summed E-state index contributed by atoms with van der Waals surface area (Å²) in [5.74, 6) is 0.180. The van der Waals surface area contributed by atoms with Crippen molar-refractivity contribution in [3.8, 4) is 0 Å². The second-order valence-electron chi connectivity index (χ2n) is 6.09. The summed E-state index contributed by atoms with van der Waals surface area (Å²) in [6.45, 7) is 6.98. The van der Waals surface area contributed by atoms with Crippen LogP contribution in [0.4, 0.5) is 0 Å². The Kier molecular flexibility index (Phi) is 5.19. The molecule has 1 aliphatic heterocycles. The van der Waals surface area contributed by atoms with Crippen molar-refractivity contribution >= 4 is 5.91 Å². The fourth-order valence-electron chi connectivity index (χ4n) is 2.89. The summed E-state index contributed by atoms with van der Waals surface area (Å²) in [6.07, 6.45) is 4.11. The molecule has 0 aromatic heterocycles. The number of rotatable bonds is 6. The maximum atomic E-state index is 12.1. The van der Waals surface area contributed by atoms with Crippen LogP contribution in [0.1, 0.15) is 25.7 Å². The summed E-state index contributed by atoms with van der Waals surface area (Å²) in [7, 11) is 2.17. The van der Waals surface area contributed by atoms with Gasteiger partial charge in [-0.2, -0.15) is 0 Å². The van der Waals surface area contributed by atoms with Gasteiger partial charge in [-0.15, -0.1) is 0 Å². The summed E-state index contributed by atoms with van der Waals surface area (Å²) in [4.78, 5) is 16.9. The van der Waals surface area contributed by atoms with Gasteiger partial charge in [0.15, 0.2) is 0 Å². The molecule has 0 spiro atoms. The number of amides is 1. The van der Waals surface area contributed by atoms with Gasteiger partial charge in [-0.1, -0.05) is 6.42 Å². The molecule has 5 heteroatoms. The van der Waals surface area contributed by atoms with E-state index in [0.717, 1.165) is 65.0 Å². The first-order chi connectivity index (χ1) is 9.16. The van der Waals surface area contributed by atoms with E-state index >= 15 is 0 Å². The lowest BCUT2D eigenvalue weighted by Gasteiger charge is -2.39. The Morgan fingerprint density at radius 2 is 1.95 bits per heavy atom. The molecule has 0 aromatic rings. The topological polar surface area (TPSA) is 61.6 Å². The van der Waals surface area contributed by atoms with Gasteiger partial charge in [-0.05, 0) is 32.9 Å². The number of hydrogen-bond donors (Lipinski definition) is 2. The Balaban J connectivity index is 1.58. The summed E-state index contributed by atoms with van der Waals surface area (Å²) < 4.78 is 0. The molecule has 110 valence electrons. The van der Waals surface area contributed by atoms with Crippen molar-refractivity contribution in [2.45, 2.75) is 25.7 Å². The van der Waals surface area contributed by atoms with Crippen LogP contribution < -0.4 is 11.1 Å². The molecule has 19 heavy (non-hydrogen) atoms. The zero-order valence-electron chi connectivity index (χ0n) is 12.2. The highest BCUT2D eigenvalue weighted by Gasteiger charge is 2.42. The number of hydrogen-bond acceptors (Lipinski definition) is 4. The van der Waals surface area contributed by atoms with E-state index in [-0.39, 0.29) is 11.3 Å². The monoisotopic (exact) mass is 268 g/mol. The van der Waals surface area contributed by atoms with Crippen molar-refractivity contribution in [3.05, 3.63) is 0 Å². The predicted molar refractivity (Wildman–Crippen MR) is 76.9 cm³/mol. The summed E-state index contributed by atoms with van der Waals surface area (Å²) in [5, 5.41) is 3.07. The van der Waals surface area contributed by atoms with Crippen molar-refractivity contribution in [2.75, 3.05) is 52.9 Å². The minimum Gasteiger partial charge on any atom is -0.356 e. The van der Waals surface area contributed by atoms with Crippen LogP contribution in [0.3, 0.4) is 0 Å². The molecule has 1 saturated heterocycles. The normalized spacial score (nSPS) is 23.9. The number of nitrogens with one attached hydrogen (secondary N) is 1. The number of nitrogens with zero attached hydrogens (tertiary/aromatic N) is 2. The van der Waals surface area contributed by atoms with Gasteiger partial charge in [0.2, 0.25) is 5.91 Å². The van der Waals surface area contributed by atoms with Crippen molar-refractivity contribution < 1.29 is 4.79 Å². The van der Waals surface area contributed by atoms with E-state index in [1.807, 2.05) is 0 Å². The Labute approximate surface area is 116 Å². The van der Waals surface area contributed by atoms with Gasteiger partial charge in [0.05, 0.1) is 5.41 Å². The summed E-state index contributed by atoms with van der Waals surface area (Å²) >= 11 is 0. The maximum Gasteiger partial charge on any atom is 0.227 e. The minimum atomic E-state index is -0.228. The third-order valence-corrected chi connectivity index (χ3v) is 4.72. The first-order valence-corrected chi connectivity index (χ1v) is 7.55. The van der Waals surface area contributed by atoms with E-state index in [1.165, 1.54) is 0 Å². The SMILES string of the molecule is CN1CCN(CCCNC(=O)C2(CN)CCC2)CC1. The van der Waals surface area contributed by atoms with Crippen LogP contribution in [0, 0.1) is 5.41 Å². The van der Waals surface area contributed by atoms with Crippen molar-refractivity contribution in [1.82, 2.24) is 15.1 Å². The summed E-state index contributed by atoms with van der Waals surface area (Å²) in [5.41, 5.74) is 5.50. The molecule has 5 nitrogen and oxygen atoms in total. The average Bonchev–Trinajstić information content (AvgIpc) is 2.36. The molecule has 1 saturated carbocycles. The minimum absolute atomic E-state index is 0.180. The lowest BCUT2D eigenvalue weighted by molar-refractivity contribution is -0.135. The lowest BCUT2D eigenvalue weighted by Crippen LogP contribution is -2.51. The average molecular weight is 268 g/mol. The maximum absolute atomic E-state index is 12.1. The molecule has 2 aliphatic rings. The lowest BCUT2D eigenvalue weighted by atomic mass is 9.68. The predicted octanol–water partition coefficient (Wildman–Crippen LogP) is -0.131. The number of piperazine rings is 1. The third-order valence-electron chi connectivity index (χ3n) is 4.72. The molecule has 1 amide bonds.